The summed E-state index contributed by atoms with van der Waals surface area (Å²) in [5, 5.41) is 12.8. The van der Waals surface area contributed by atoms with Crippen LogP contribution in [0.5, 0.6) is 5.75 Å². The van der Waals surface area contributed by atoms with Crippen LogP contribution in [0, 0.1) is 11.3 Å². The summed E-state index contributed by atoms with van der Waals surface area (Å²) in [5.41, 5.74) is 4.16. The Morgan fingerprint density at radius 3 is 2.74 bits per heavy atom. The molecule has 0 aliphatic heterocycles. The largest absolute Gasteiger partial charge is 0.490 e. The fraction of sp³-hybridized carbons (Fsp3) is 0.393. The molecule has 0 heterocycles. The van der Waals surface area contributed by atoms with E-state index in [1.165, 1.54) is 18.8 Å². The van der Waals surface area contributed by atoms with Crippen molar-refractivity contribution in [2.45, 2.75) is 51.7 Å². The molecule has 1 aliphatic rings. The SMILES string of the molecule is C=C(SC(=NC)c1ccc(OC(C)C)c(C#N)c1)c1cccc2c1CCC[C@@H]2NS(=O)(=O)CCC(=O)NC. The van der Waals surface area contributed by atoms with Crippen molar-refractivity contribution >= 4 is 37.6 Å². The summed E-state index contributed by atoms with van der Waals surface area (Å²) in [6, 6.07) is 13.1. The number of nitrogens with one attached hydrogen (secondary N) is 2. The summed E-state index contributed by atoms with van der Waals surface area (Å²) in [4.78, 5) is 16.8. The second-order valence-corrected chi connectivity index (χ2v) is 12.2. The molecule has 2 aromatic rings. The van der Waals surface area contributed by atoms with Gasteiger partial charge in [-0.25, -0.2) is 13.1 Å². The Labute approximate surface area is 229 Å². The van der Waals surface area contributed by atoms with E-state index >= 15 is 0 Å². The monoisotopic (exact) mass is 554 g/mol. The standard InChI is InChI=1S/C28H34N4O4S2/c1-18(2)36-26-13-12-20(16-21(26)17-29)28(31-5)37-19(3)22-8-6-10-24-23(22)9-7-11-25(24)32-38(34,35)15-14-27(33)30-4/h6,8,10,12-13,16,18,25,32H,3,7,9,11,14-15H2,1-2,4-5H3,(H,30,33)/t25-/m0/s1. The van der Waals surface area contributed by atoms with E-state index in [1.807, 2.05) is 38.1 Å². The third-order valence-corrected chi connectivity index (χ3v) is 8.60. The maximum Gasteiger partial charge on any atom is 0.220 e. The molecule has 202 valence electrons. The number of nitriles is 1. The second kappa shape index (κ2) is 13.1. The normalized spacial score (nSPS) is 15.5. The molecule has 0 unspecified atom stereocenters. The molecule has 10 heteroatoms. The lowest BCUT2D eigenvalue weighted by Crippen LogP contribution is -2.34. The van der Waals surface area contributed by atoms with Gasteiger partial charge < -0.3 is 10.1 Å². The Balaban J connectivity index is 1.82. The minimum Gasteiger partial charge on any atom is -0.490 e. The summed E-state index contributed by atoms with van der Waals surface area (Å²) >= 11 is 1.41. The molecular formula is C28H34N4O4S2. The molecule has 1 aliphatic carbocycles. The first kappa shape index (κ1) is 29.4. The quantitative estimate of drug-likeness (QED) is 0.328. The van der Waals surface area contributed by atoms with Gasteiger partial charge in [0.05, 0.1) is 17.4 Å². The number of ether oxygens (including phenoxy) is 1. The predicted molar refractivity (Wildman–Crippen MR) is 154 cm³/mol. The van der Waals surface area contributed by atoms with Crippen LogP contribution in [-0.2, 0) is 21.2 Å². The number of carbonyl (C=O) groups excluding carboxylic acids is 1. The van der Waals surface area contributed by atoms with Crippen molar-refractivity contribution in [2.75, 3.05) is 19.8 Å². The average molecular weight is 555 g/mol. The van der Waals surface area contributed by atoms with Gasteiger partial charge in [-0.1, -0.05) is 36.5 Å². The van der Waals surface area contributed by atoms with Gasteiger partial charge in [-0.15, -0.1) is 0 Å². The number of fused-ring (bicyclic) bond motifs is 1. The van der Waals surface area contributed by atoms with Gasteiger partial charge in [0.2, 0.25) is 15.9 Å². The zero-order chi connectivity index (χ0) is 27.9. The molecule has 0 saturated heterocycles. The number of aliphatic imine (C=N–C) groups is 1. The number of hydrogen-bond acceptors (Lipinski definition) is 7. The summed E-state index contributed by atoms with van der Waals surface area (Å²) in [6.45, 7) is 8.14. The second-order valence-electron chi connectivity index (χ2n) is 9.22. The van der Waals surface area contributed by atoms with Crippen molar-refractivity contribution in [1.29, 1.82) is 5.26 Å². The van der Waals surface area contributed by atoms with Gasteiger partial charge in [0.1, 0.15) is 16.9 Å². The van der Waals surface area contributed by atoms with Crippen LogP contribution < -0.4 is 14.8 Å². The zero-order valence-electron chi connectivity index (χ0n) is 22.2. The number of rotatable bonds is 10. The van der Waals surface area contributed by atoms with E-state index in [-0.39, 0.29) is 30.2 Å². The zero-order valence-corrected chi connectivity index (χ0v) is 23.8. The number of carbonyl (C=O) groups is 1. The van der Waals surface area contributed by atoms with E-state index in [1.54, 1.807) is 19.2 Å². The molecule has 0 saturated carbocycles. The van der Waals surface area contributed by atoms with Crippen LogP contribution in [0.1, 0.15) is 67.0 Å². The first-order valence-electron chi connectivity index (χ1n) is 12.5. The van der Waals surface area contributed by atoms with Crippen molar-refractivity contribution in [3.8, 4) is 11.8 Å². The highest BCUT2D eigenvalue weighted by Gasteiger charge is 2.27. The number of nitrogens with zero attached hydrogens (tertiary/aromatic N) is 2. The van der Waals surface area contributed by atoms with Crippen LogP contribution >= 0.6 is 11.8 Å². The lowest BCUT2D eigenvalue weighted by atomic mass is 9.85. The van der Waals surface area contributed by atoms with Gasteiger partial charge in [-0.05, 0) is 68.0 Å². The maximum atomic E-state index is 12.7. The Morgan fingerprint density at radius 2 is 2.08 bits per heavy atom. The van der Waals surface area contributed by atoms with Gasteiger partial charge >= 0.3 is 0 Å². The molecule has 0 fully saturated rings. The minimum absolute atomic E-state index is 0.0465. The summed E-state index contributed by atoms with van der Waals surface area (Å²) in [7, 11) is -0.449. The van der Waals surface area contributed by atoms with Crippen LogP contribution in [0.3, 0.4) is 0 Å². The van der Waals surface area contributed by atoms with Crippen molar-refractivity contribution < 1.29 is 17.9 Å². The topological polar surface area (TPSA) is 121 Å². The molecule has 0 spiro atoms. The fourth-order valence-electron chi connectivity index (χ4n) is 4.37. The van der Waals surface area contributed by atoms with E-state index in [0.29, 0.717) is 22.8 Å². The van der Waals surface area contributed by atoms with Crippen molar-refractivity contribution in [1.82, 2.24) is 10.0 Å². The first-order valence-corrected chi connectivity index (χ1v) is 14.9. The number of hydrogen-bond donors (Lipinski definition) is 2. The van der Waals surface area contributed by atoms with E-state index in [9.17, 15) is 18.5 Å². The highest BCUT2D eigenvalue weighted by molar-refractivity contribution is 8.22. The van der Waals surface area contributed by atoms with Crippen LogP contribution in [0.4, 0.5) is 0 Å². The summed E-state index contributed by atoms with van der Waals surface area (Å²) < 4.78 is 33.9. The van der Waals surface area contributed by atoms with E-state index in [2.05, 4.69) is 27.7 Å². The number of thioether (sulfide) groups is 1. The van der Waals surface area contributed by atoms with Crippen molar-refractivity contribution in [3.63, 3.8) is 0 Å². The van der Waals surface area contributed by atoms with Crippen molar-refractivity contribution in [2.24, 2.45) is 4.99 Å². The van der Waals surface area contributed by atoms with Gasteiger partial charge in [0.25, 0.3) is 0 Å². The molecule has 8 nitrogen and oxygen atoms in total. The number of amides is 1. The highest BCUT2D eigenvalue weighted by Crippen LogP contribution is 2.39. The first-order chi connectivity index (χ1) is 18.1. The van der Waals surface area contributed by atoms with Crippen molar-refractivity contribution in [3.05, 3.63) is 70.8 Å². The minimum atomic E-state index is -3.63. The molecule has 38 heavy (non-hydrogen) atoms. The summed E-state index contributed by atoms with van der Waals surface area (Å²) in [6.07, 6.45) is 2.17. The predicted octanol–water partition coefficient (Wildman–Crippen LogP) is 4.56. The van der Waals surface area contributed by atoms with Crippen LogP contribution in [0.25, 0.3) is 4.91 Å². The lowest BCUT2D eigenvalue weighted by Gasteiger charge is -2.28. The molecule has 1 atom stereocenters. The smallest absolute Gasteiger partial charge is 0.220 e. The van der Waals surface area contributed by atoms with Gasteiger partial charge in [0.15, 0.2) is 0 Å². The average Bonchev–Trinajstić information content (AvgIpc) is 2.90. The number of sulfonamides is 1. The van der Waals surface area contributed by atoms with Crippen LogP contribution in [0.15, 0.2) is 48.0 Å². The molecule has 0 radical (unpaired) electrons. The molecule has 0 bridgehead atoms. The fourth-order valence-corrected chi connectivity index (χ4v) is 6.49. The van der Waals surface area contributed by atoms with Crippen LogP contribution in [0.2, 0.25) is 0 Å². The molecule has 1 amide bonds. The van der Waals surface area contributed by atoms with Gasteiger partial charge in [-0.3, -0.25) is 9.79 Å². The number of benzene rings is 2. The van der Waals surface area contributed by atoms with Gasteiger partial charge in [0, 0.05) is 37.0 Å². The molecule has 0 aromatic heterocycles. The van der Waals surface area contributed by atoms with Gasteiger partial charge in [-0.2, -0.15) is 5.26 Å². The highest BCUT2D eigenvalue weighted by atomic mass is 32.2. The molecule has 2 N–H and O–H groups in total. The molecule has 3 rings (SSSR count). The Kier molecular flexibility index (Phi) is 10.1. The van der Waals surface area contributed by atoms with E-state index < -0.39 is 10.0 Å². The Morgan fingerprint density at radius 1 is 1.32 bits per heavy atom. The third-order valence-electron chi connectivity index (χ3n) is 6.14. The lowest BCUT2D eigenvalue weighted by molar-refractivity contribution is -0.120. The van der Waals surface area contributed by atoms with Crippen LogP contribution in [-0.4, -0.2) is 45.3 Å². The Bertz CT molecular complexity index is 1380. The van der Waals surface area contributed by atoms with E-state index in [4.69, 9.17) is 4.74 Å². The molecule has 2 aromatic carbocycles. The van der Waals surface area contributed by atoms with E-state index in [0.717, 1.165) is 40.0 Å². The summed E-state index contributed by atoms with van der Waals surface area (Å²) in [5.74, 6) is -0.0400. The maximum absolute atomic E-state index is 12.7. The molecular weight excluding hydrogens is 520 g/mol. The third kappa shape index (κ3) is 7.47. The Hall–Kier alpha value is -3.13.